The molecule has 0 radical (unpaired) electrons. The second kappa shape index (κ2) is 4.85. The molecule has 0 aromatic carbocycles. The minimum Gasteiger partial charge on any atom is -0.346 e. The molecule has 1 amide bonds. The highest BCUT2D eigenvalue weighted by molar-refractivity contribution is 7.13. The first-order valence-corrected chi connectivity index (χ1v) is 6.81. The molecule has 0 aliphatic heterocycles. The van der Waals surface area contributed by atoms with E-state index in [1.54, 1.807) is 0 Å². The van der Waals surface area contributed by atoms with Crippen LogP contribution in [0.5, 0.6) is 0 Å². The quantitative estimate of drug-likeness (QED) is 0.796. The van der Waals surface area contributed by atoms with E-state index in [1.807, 2.05) is 54.0 Å². The van der Waals surface area contributed by atoms with Gasteiger partial charge in [-0.3, -0.25) is 4.79 Å². The van der Waals surface area contributed by atoms with E-state index in [0.717, 1.165) is 21.1 Å². The maximum Gasteiger partial charge on any atom is 0.261 e. The summed E-state index contributed by atoms with van der Waals surface area (Å²) in [7, 11) is 0. The molecule has 19 heavy (non-hydrogen) atoms. The van der Waals surface area contributed by atoms with Crippen LogP contribution in [0.4, 0.5) is 0 Å². The average Bonchev–Trinajstić information content (AvgIpc) is 3.01. The standard InChI is InChI=1S/C14H13N3OS/c1-10-5-6-12(19-10)14(18)15-8-11-9-17-7-3-2-4-13(17)16-11/h2-7,9H,8H2,1H3,(H,15,18). The molecule has 96 valence electrons. The summed E-state index contributed by atoms with van der Waals surface area (Å²) in [4.78, 5) is 18.2. The first kappa shape index (κ1) is 11.9. The number of carbonyl (C=O) groups excluding carboxylic acids is 1. The Labute approximate surface area is 114 Å². The van der Waals surface area contributed by atoms with Gasteiger partial charge < -0.3 is 9.72 Å². The minimum absolute atomic E-state index is 0.0462. The molecule has 0 saturated carbocycles. The van der Waals surface area contributed by atoms with Crippen LogP contribution in [-0.4, -0.2) is 15.3 Å². The molecule has 3 heterocycles. The van der Waals surface area contributed by atoms with Gasteiger partial charge in [-0.05, 0) is 31.2 Å². The number of hydrogen-bond donors (Lipinski definition) is 1. The molecule has 3 aromatic rings. The fourth-order valence-electron chi connectivity index (χ4n) is 1.89. The first-order chi connectivity index (χ1) is 9.22. The SMILES string of the molecule is Cc1ccc(C(=O)NCc2cn3ccccc3n2)s1. The maximum absolute atomic E-state index is 11.9. The van der Waals surface area contributed by atoms with Crippen LogP contribution < -0.4 is 5.32 Å². The Bertz CT molecular complexity index is 696. The number of aryl methyl sites for hydroxylation is 1. The number of carbonyl (C=O) groups is 1. The lowest BCUT2D eigenvalue weighted by Crippen LogP contribution is -2.21. The summed E-state index contributed by atoms with van der Waals surface area (Å²) in [5, 5.41) is 2.89. The molecule has 0 saturated heterocycles. The van der Waals surface area contributed by atoms with Gasteiger partial charge in [-0.2, -0.15) is 0 Å². The summed E-state index contributed by atoms with van der Waals surface area (Å²) < 4.78 is 1.94. The van der Waals surface area contributed by atoms with E-state index in [2.05, 4.69) is 10.3 Å². The van der Waals surface area contributed by atoms with E-state index < -0.39 is 0 Å². The summed E-state index contributed by atoms with van der Waals surface area (Å²) in [5.74, 6) is -0.0462. The summed E-state index contributed by atoms with van der Waals surface area (Å²) in [6.45, 7) is 2.43. The fourth-order valence-corrected chi connectivity index (χ4v) is 2.67. The van der Waals surface area contributed by atoms with Gasteiger partial charge in [-0.15, -0.1) is 11.3 Å². The molecule has 0 atom stereocenters. The van der Waals surface area contributed by atoms with Crippen LogP contribution in [0.25, 0.3) is 5.65 Å². The van der Waals surface area contributed by atoms with Gasteiger partial charge in [-0.1, -0.05) is 6.07 Å². The Morgan fingerprint density at radius 1 is 1.37 bits per heavy atom. The lowest BCUT2D eigenvalue weighted by molar-refractivity contribution is 0.0954. The van der Waals surface area contributed by atoms with Crippen molar-refractivity contribution >= 4 is 22.9 Å². The van der Waals surface area contributed by atoms with E-state index in [9.17, 15) is 4.79 Å². The summed E-state index contributed by atoms with van der Waals surface area (Å²) in [6, 6.07) is 9.63. The van der Waals surface area contributed by atoms with Crippen molar-refractivity contribution in [2.24, 2.45) is 0 Å². The van der Waals surface area contributed by atoms with Crippen molar-refractivity contribution in [3.05, 3.63) is 58.2 Å². The second-order valence-corrected chi connectivity index (χ2v) is 5.58. The van der Waals surface area contributed by atoms with Crippen molar-refractivity contribution in [2.75, 3.05) is 0 Å². The van der Waals surface area contributed by atoms with Gasteiger partial charge in [0.05, 0.1) is 17.1 Å². The van der Waals surface area contributed by atoms with Gasteiger partial charge in [0.1, 0.15) is 5.65 Å². The van der Waals surface area contributed by atoms with Gasteiger partial charge in [-0.25, -0.2) is 4.98 Å². The van der Waals surface area contributed by atoms with Crippen LogP contribution in [0.1, 0.15) is 20.2 Å². The molecule has 1 N–H and O–H groups in total. The van der Waals surface area contributed by atoms with Crippen LogP contribution in [-0.2, 0) is 6.54 Å². The van der Waals surface area contributed by atoms with Crippen LogP contribution in [0, 0.1) is 6.92 Å². The maximum atomic E-state index is 11.9. The molecule has 0 aliphatic carbocycles. The van der Waals surface area contributed by atoms with Gasteiger partial charge in [0.2, 0.25) is 0 Å². The number of thiophene rings is 1. The number of hydrogen-bond acceptors (Lipinski definition) is 3. The average molecular weight is 271 g/mol. The van der Waals surface area contributed by atoms with Crippen molar-refractivity contribution in [1.29, 1.82) is 0 Å². The Morgan fingerprint density at radius 2 is 2.26 bits per heavy atom. The number of pyridine rings is 1. The Morgan fingerprint density at radius 3 is 3.00 bits per heavy atom. The Kier molecular flexibility index (Phi) is 3.05. The van der Waals surface area contributed by atoms with Crippen molar-refractivity contribution in [1.82, 2.24) is 14.7 Å². The topological polar surface area (TPSA) is 46.4 Å². The molecule has 0 unspecified atom stereocenters. The van der Waals surface area contributed by atoms with Crippen LogP contribution >= 0.6 is 11.3 Å². The minimum atomic E-state index is -0.0462. The highest BCUT2D eigenvalue weighted by atomic mass is 32.1. The largest absolute Gasteiger partial charge is 0.346 e. The predicted octanol–water partition coefficient (Wildman–Crippen LogP) is 2.63. The first-order valence-electron chi connectivity index (χ1n) is 5.99. The highest BCUT2D eigenvalue weighted by Gasteiger charge is 2.08. The summed E-state index contributed by atoms with van der Waals surface area (Å²) in [6.07, 6.45) is 3.87. The van der Waals surface area contributed by atoms with Gasteiger partial charge >= 0.3 is 0 Å². The zero-order chi connectivity index (χ0) is 13.2. The normalized spacial score (nSPS) is 10.8. The lowest BCUT2D eigenvalue weighted by Gasteiger charge is -1.99. The van der Waals surface area contributed by atoms with Gasteiger partial charge in [0.25, 0.3) is 5.91 Å². The van der Waals surface area contributed by atoms with Crippen LogP contribution in [0.2, 0.25) is 0 Å². The third-order valence-electron chi connectivity index (χ3n) is 2.81. The Balaban J connectivity index is 1.70. The number of amides is 1. The van der Waals surface area contributed by atoms with Crippen molar-refractivity contribution in [3.63, 3.8) is 0 Å². The van der Waals surface area contributed by atoms with Gasteiger partial charge in [0.15, 0.2) is 0 Å². The molecule has 3 rings (SSSR count). The molecule has 4 nitrogen and oxygen atoms in total. The van der Waals surface area contributed by atoms with Crippen LogP contribution in [0.3, 0.4) is 0 Å². The number of imidazole rings is 1. The molecule has 0 spiro atoms. The third kappa shape index (κ3) is 2.51. The molecular weight excluding hydrogens is 258 g/mol. The summed E-state index contributed by atoms with van der Waals surface area (Å²) in [5.41, 5.74) is 1.74. The smallest absolute Gasteiger partial charge is 0.261 e. The Hall–Kier alpha value is -2.14. The molecule has 0 aliphatic rings. The third-order valence-corrected chi connectivity index (χ3v) is 3.81. The van der Waals surface area contributed by atoms with E-state index in [0.29, 0.717) is 6.54 Å². The number of rotatable bonds is 3. The molecule has 0 fully saturated rings. The van der Waals surface area contributed by atoms with Crippen LogP contribution in [0.15, 0.2) is 42.7 Å². The number of fused-ring (bicyclic) bond motifs is 1. The molecule has 0 bridgehead atoms. The molecular formula is C14H13N3OS. The molecule has 5 heteroatoms. The van der Waals surface area contributed by atoms with E-state index in [4.69, 9.17) is 0 Å². The zero-order valence-corrected chi connectivity index (χ0v) is 11.3. The van der Waals surface area contributed by atoms with E-state index in [-0.39, 0.29) is 5.91 Å². The van der Waals surface area contributed by atoms with Gasteiger partial charge in [0, 0.05) is 17.3 Å². The van der Waals surface area contributed by atoms with Crippen molar-refractivity contribution < 1.29 is 4.79 Å². The number of nitrogens with one attached hydrogen (secondary N) is 1. The fraction of sp³-hybridized carbons (Fsp3) is 0.143. The lowest BCUT2D eigenvalue weighted by atomic mass is 10.4. The van der Waals surface area contributed by atoms with Crippen molar-refractivity contribution in [2.45, 2.75) is 13.5 Å². The monoisotopic (exact) mass is 271 g/mol. The predicted molar refractivity (Wildman–Crippen MR) is 75.4 cm³/mol. The van der Waals surface area contributed by atoms with Crippen molar-refractivity contribution in [3.8, 4) is 0 Å². The zero-order valence-electron chi connectivity index (χ0n) is 10.5. The number of nitrogens with zero attached hydrogens (tertiary/aromatic N) is 2. The summed E-state index contributed by atoms with van der Waals surface area (Å²) >= 11 is 1.50. The van der Waals surface area contributed by atoms with E-state index >= 15 is 0 Å². The van der Waals surface area contributed by atoms with E-state index in [1.165, 1.54) is 11.3 Å². The highest BCUT2D eigenvalue weighted by Crippen LogP contribution is 2.14. The number of aromatic nitrogens is 2. The second-order valence-electron chi connectivity index (χ2n) is 4.29. The molecule has 3 aromatic heterocycles.